The van der Waals surface area contributed by atoms with E-state index in [1.165, 1.54) is 25.7 Å². The average molecular weight is 294 g/mol. The molecule has 0 saturated heterocycles. The molecule has 0 aliphatic heterocycles. The van der Waals surface area contributed by atoms with Gasteiger partial charge in [0, 0.05) is 24.0 Å². The molecule has 4 heteroatoms. The van der Waals surface area contributed by atoms with E-state index in [1.807, 2.05) is 0 Å². The number of hydrogen-bond acceptors (Lipinski definition) is 3. The smallest absolute Gasteiger partial charge is 0.223 e. The van der Waals surface area contributed by atoms with Gasteiger partial charge in [-0.1, -0.05) is 19.3 Å². The van der Waals surface area contributed by atoms with Gasteiger partial charge in [0.25, 0.3) is 0 Å². The Hall–Kier alpha value is -0.610. The Morgan fingerprint density at radius 1 is 1.29 bits per heavy atom. The van der Waals surface area contributed by atoms with Gasteiger partial charge in [-0.2, -0.15) is 0 Å². The highest BCUT2D eigenvalue weighted by Gasteiger charge is 2.57. The third-order valence-electron chi connectivity index (χ3n) is 6.30. The Labute approximate surface area is 128 Å². The van der Waals surface area contributed by atoms with E-state index in [-0.39, 0.29) is 17.2 Å². The fourth-order valence-electron chi connectivity index (χ4n) is 5.03. The summed E-state index contributed by atoms with van der Waals surface area (Å²) in [4.78, 5) is 12.6. The highest BCUT2D eigenvalue weighted by molar-refractivity contribution is 5.80. The van der Waals surface area contributed by atoms with Gasteiger partial charge >= 0.3 is 0 Å². The van der Waals surface area contributed by atoms with Crippen LogP contribution in [0, 0.1) is 17.3 Å². The third-order valence-corrected chi connectivity index (χ3v) is 6.30. The number of carbonyl (C=O) groups is 1. The van der Waals surface area contributed by atoms with Crippen molar-refractivity contribution in [3.05, 3.63) is 0 Å². The molecule has 0 aromatic rings. The fourth-order valence-corrected chi connectivity index (χ4v) is 5.03. The van der Waals surface area contributed by atoms with E-state index in [2.05, 4.69) is 12.2 Å². The van der Waals surface area contributed by atoms with Gasteiger partial charge in [-0.25, -0.2) is 0 Å². The summed E-state index contributed by atoms with van der Waals surface area (Å²) >= 11 is 0. The summed E-state index contributed by atoms with van der Waals surface area (Å²) in [6.45, 7) is 3.50. The van der Waals surface area contributed by atoms with Gasteiger partial charge in [0.15, 0.2) is 0 Å². The van der Waals surface area contributed by atoms with Crippen LogP contribution in [0.25, 0.3) is 0 Å². The molecule has 3 rings (SSSR count). The van der Waals surface area contributed by atoms with Crippen LogP contribution in [0.3, 0.4) is 0 Å². The second-order valence-electron chi connectivity index (χ2n) is 7.21. The highest BCUT2D eigenvalue weighted by Crippen LogP contribution is 2.54. The van der Waals surface area contributed by atoms with E-state index < -0.39 is 0 Å². The van der Waals surface area contributed by atoms with Gasteiger partial charge in [0.1, 0.15) is 0 Å². The van der Waals surface area contributed by atoms with Crippen molar-refractivity contribution in [3.63, 3.8) is 0 Å². The van der Waals surface area contributed by atoms with Crippen LogP contribution in [0.15, 0.2) is 0 Å². The van der Waals surface area contributed by atoms with Gasteiger partial charge in [-0.05, 0) is 51.5 Å². The number of nitrogens with two attached hydrogens (primary N) is 1. The second kappa shape index (κ2) is 6.25. The molecule has 120 valence electrons. The molecular formula is C17H30N2O2. The largest absolute Gasteiger partial charge is 0.378 e. The monoisotopic (exact) mass is 294 g/mol. The Bertz CT molecular complexity index is 379. The molecule has 21 heavy (non-hydrogen) atoms. The molecule has 0 bridgehead atoms. The Kier molecular flexibility index (Phi) is 4.55. The van der Waals surface area contributed by atoms with E-state index in [0.29, 0.717) is 24.6 Å². The Morgan fingerprint density at radius 3 is 2.71 bits per heavy atom. The van der Waals surface area contributed by atoms with Gasteiger partial charge in [-0.3, -0.25) is 4.79 Å². The molecule has 0 radical (unpaired) electrons. The van der Waals surface area contributed by atoms with Gasteiger partial charge in [0.05, 0.1) is 6.10 Å². The highest BCUT2D eigenvalue weighted by atomic mass is 16.5. The van der Waals surface area contributed by atoms with Gasteiger partial charge < -0.3 is 15.8 Å². The zero-order chi connectivity index (χ0) is 14.9. The van der Waals surface area contributed by atoms with Crippen molar-refractivity contribution in [2.45, 2.75) is 70.4 Å². The molecule has 0 heterocycles. The van der Waals surface area contributed by atoms with Gasteiger partial charge in [0.2, 0.25) is 5.91 Å². The number of nitrogens with one attached hydrogen (secondary N) is 1. The van der Waals surface area contributed by atoms with Crippen LogP contribution >= 0.6 is 0 Å². The van der Waals surface area contributed by atoms with E-state index in [0.717, 1.165) is 32.3 Å². The summed E-state index contributed by atoms with van der Waals surface area (Å²) in [5.74, 6) is 0.807. The minimum Gasteiger partial charge on any atom is -0.378 e. The zero-order valence-corrected chi connectivity index (χ0v) is 13.3. The fraction of sp³-hybridized carbons (Fsp3) is 0.941. The van der Waals surface area contributed by atoms with E-state index in [4.69, 9.17) is 10.5 Å². The van der Waals surface area contributed by atoms with E-state index in [9.17, 15) is 4.79 Å². The van der Waals surface area contributed by atoms with Crippen molar-refractivity contribution in [2.75, 3.05) is 13.2 Å². The van der Waals surface area contributed by atoms with Crippen LogP contribution in [-0.4, -0.2) is 31.2 Å². The molecule has 1 amide bonds. The summed E-state index contributed by atoms with van der Waals surface area (Å²) < 4.78 is 5.92. The molecule has 4 nitrogen and oxygen atoms in total. The molecule has 0 aromatic heterocycles. The van der Waals surface area contributed by atoms with Crippen LogP contribution in [0.1, 0.15) is 58.3 Å². The summed E-state index contributed by atoms with van der Waals surface area (Å²) in [7, 11) is 0. The average Bonchev–Trinajstić information content (AvgIpc) is 3.15. The normalized spacial score (nSPS) is 37.6. The van der Waals surface area contributed by atoms with Crippen molar-refractivity contribution in [1.82, 2.24) is 5.32 Å². The topological polar surface area (TPSA) is 64.3 Å². The molecule has 3 aliphatic carbocycles. The number of amides is 1. The number of rotatable bonds is 5. The molecule has 3 saturated carbocycles. The molecule has 2 unspecified atom stereocenters. The first-order valence-electron chi connectivity index (χ1n) is 8.83. The quantitative estimate of drug-likeness (QED) is 0.817. The lowest BCUT2D eigenvalue weighted by Gasteiger charge is -2.54. The molecule has 0 aromatic carbocycles. The minimum atomic E-state index is 0.152. The summed E-state index contributed by atoms with van der Waals surface area (Å²) in [6.07, 6.45) is 9.64. The van der Waals surface area contributed by atoms with Crippen molar-refractivity contribution in [1.29, 1.82) is 0 Å². The molecule has 3 aliphatic rings. The predicted octanol–water partition coefficient (Wildman–Crippen LogP) is 2.22. The molecule has 1 spiro atoms. The van der Waals surface area contributed by atoms with Crippen molar-refractivity contribution in [3.8, 4) is 0 Å². The van der Waals surface area contributed by atoms with Crippen LogP contribution in [0.4, 0.5) is 0 Å². The molecule has 4 atom stereocenters. The lowest BCUT2D eigenvalue weighted by atomic mass is 9.60. The molecule has 3 fully saturated rings. The first-order chi connectivity index (χ1) is 10.2. The number of hydrogen-bond donors (Lipinski definition) is 2. The summed E-state index contributed by atoms with van der Waals surface area (Å²) in [5.41, 5.74) is 6.06. The van der Waals surface area contributed by atoms with Crippen molar-refractivity contribution >= 4 is 5.91 Å². The van der Waals surface area contributed by atoms with Crippen LogP contribution in [-0.2, 0) is 9.53 Å². The summed E-state index contributed by atoms with van der Waals surface area (Å²) in [5, 5.41) is 3.37. The minimum absolute atomic E-state index is 0.152. The first kappa shape index (κ1) is 15.3. The first-order valence-corrected chi connectivity index (χ1v) is 8.83. The van der Waals surface area contributed by atoms with Crippen LogP contribution in [0.5, 0.6) is 0 Å². The molecular weight excluding hydrogens is 264 g/mol. The standard InChI is InChI=1S/C17H30N2O2/c1-2-21-15-10-14(17(15)8-3-4-9-17)19-16(20)13-7-5-6-12(13)11-18/h12-15H,2-11,18H2,1H3,(H,19,20)/t12-,13-,14?,15?/m1/s1. The zero-order valence-electron chi connectivity index (χ0n) is 13.3. The van der Waals surface area contributed by atoms with Crippen molar-refractivity contribution in [2.24, 2.45) is 23.0 Å². The number of ether oxygens (including phenoxy) is 1. The lowest BCUT2D eigenvalue weighted by molar-refractivity contribution is -0.147. The SMILES string of the molecule is CCOC1CC(NC(=O)[C@@H]2CCC[C@@H]2CN)C12CCCC2. The van der Waals surface area contributed by atoms with Crippen molar-refractivity contribution < 1.29 is 9.53 Å². The Morgan fingerprint density at radius 2 is 2.05 bits per heavy atom. The van der Waals surface area contributed by atoms with E-state index in [1.54, 1.807) is 0 Å². The summed E-state index contributed by atoms with van der Waals surface area (Å²) in [6, 6.07) is 0.336. The maximum Gasteiger partial charge on any atom is 0.223 e. The van der Waals surface area contributed by atoms with Crippen LogP contribution < -0.4 is 11.1 Å². The molecule has 3 N–H and O–H groups in total. The maximum absolute atomic E-state index is 12.6. The van der Waals surface area contributed by atoms with Gasteiger partial charge in [-0.15, -0.1) is 0 Å². The lowest BCUT2D eigenvalue weighted by Crippen LogP contribution is -2.64. The van der Waals surface area contributed by atoms with Crippen LogP contribution in [0.2, 0.25) is 0 Å². The number of carbonyl (C=O) groups excluding carboxylic acids is 1. The third kappa shape index (κ3) is 2.61. The second-order valence-corrected chi connectivity index (χ2v) is 7.21. The van der Waals surface area contributed by atoms with E-state index >= 15 is 0 Å². The Balaban J connectivity index is 1.61. The predicted molar refractivity (Wildman–Crippen MR) is 82.7 cm³/mol. The maximum atomic E-state index is 12.6.